The van der Waals surface area contributed by atoms with Gasteiger partial charge in [-0.25, -0.2) is 0 Å². The summed E-state index contributed by atoms with van der Waals surface area (Å²) in [5, 5.41) is -0.454. The average molecular weight is 388 g/mol. The van der Waals surface area contributed by atoms with Crippen molar-refractivity contribution in [1.82, 2.24) is 0 Å². The van der Waals surface area contributed by atoms with Gasteiger partial charge in [-0.2, -0.15) is 12.6 Å². The van der Waals surface area contributed by atoms with Crippen LogP contribution in [0.1, 0.15) is 17.0 Å². The van der Waals surface area contributed by atoms with Crippen LogP contribution in [0.5, 0.6) is 5.75 Å². The van der Waals surface area contributed by atoms with Gasteiger partial charge in [0.15, 0.2) is 0 Å². The molecule has 28 heavy (non-hydrogen) atoms. The minimum absolute atomic E-state index is 0.0308. The number of amides is 1. The van der Waals surface area contributed by atoms with E-state index in [-0.39, 0.29) is 11.8 Å². The Hall–Kier alpha value is -2.98. The van der Waals surface area contributed by atoms with Crippen LogP contribution in [0.25, 0.3) is 5.70 Å². The maximum absolute atomic E-state index is 13.4. The molecule has 2 atom stereocenters. The molecule has 0 N–H and O–H groups in total. The zero-order valence-corrected chi connectivity index (χ0v) is 16.4. The molecule has 0 fully saturated rings. The Labute approximate surface area is 170 Å². The fraction of sp³-hybridized carbons (Fsp3) is 0.125. The number of methoxy groups -OCH3 is 1. The molecule has 3 aromatic carbocycles. The summed E-state index contributed by atoms with van der Waals surface area (Å²) in [6.45, 7) is 0. The highest BCUT2D eigenvalue weighted by atomic mass is 32.1. The van der Waals surface area contributed by atoms with Crippen molar-refractivity contribution in [1.29, 1.82) is 0 Å². The van der Waals surface area contributed by atoms with Crippen LogP contribution in [0.2, 0.25) is 0 Å². The van der Waals surface area contributed by atoms with Gasteiger partial charge in [-0.1, -0.05) is 54.6 Å². The fourth-order valence-corrected chi connectivity index (χ4v) is 3.90. The molecule has 0 saturated carbocycles. The van der Waals surface area contributed by atoms with E-state index in [1.807, 2.05) is 84.9 Å². The summed E-state index contributed by atoms with van der Waals surface area (Å²) in [6, 6.07) is 27.5. The van der Waals surface area contributed by atoms with Crippen molar-refractivity contribution < 1.29 is 9.53 Å². The number of hydrogen-bond donors (Lipinski definition) is 1. The third-order valence-corrected chi connectivity index (χ3v) is 5.52. The van der Waals surface area contributed by atoms with Gasteiger partial charge >= 0.3 is 0 Å². The van der Waals surface area contributed by atoms with Crippen LogP contribution < -0.4 is 9.64 Å². The van der Waals surface area contributed by atoms with Crippen LogP contribution in [0.15, 0.2) is 91.0 Å². The van der Waals surface area contributed by atoms with Crippen LogP contribution in [0.3, 0.4) is 0 Å². The lowest BCUT2D eigenvalue weighted by molar-refractivity contribution is -0.117. The van der Waals surface area contributed by atoms with Gasteiger partial charge in [0.2, 0.25) is 5.91 Å². The first-order valence-corrected chi connectivity index (χ1v) is 9.69. The lowest BCUT2D eigenvalue weighted by Gasteiger charge is -2.36. The molecule has 0 spiro atoms. The monoisotopic (exact) mass is 387 g/mol. The summed E-state index contributed by atoms with van der Waals surface area (Å²) in [4.78, 5) is 15.2. The number of allylic oxidation sites excluding steroid dienone is 1. The van der Waals surface area contributed by atoms with Gasteiger partial charge in [0.05, 0.1) is 18.1 Å². The van der Waals surface area contributed by atoms with Crippen molar-refractivity contribution in [2.45, 2.75) is 11.2 Å². The maximum atomic E-state index is 13.4. The number of hydrogen-bond acceptors (Lipinski definition) is 3. The van der Waals surface area contributed by atoms with Gasteiger partial charge in [-0.05, 0) is 47.5 Å². The fourth-order valence-electron chi connectivity index (χ4n) is 3.52. The molecule has 4 heteroatoms. The summed E-state index contributed by atoms with van der Waals surface area (Å²) in [7, 11) is 1.64. The molecular weight excluding hydrogens is 366 g/mol. The van der Waals surface area contributed by atoms with Crippen molar-refractivity contribution in [2.24, 2.45) is 0 Å². The highest BCUT2D eigenvalue weighted by Gasteiger charge is 2.37. The second-order valence-corrected chi connectivity index (χ2v) is 7.23. The molecule has 3 nitrogen and oxygen atoms in total. The highest BCUT2D eigenvalue weighted by Crippen LogP contribution is 2.39. The maximum Gasteiger partial charge on any atom is 0.245 e. The number of benzene rings is 3. The van der Waals surface area contributed by atoms with Crippen LogP contribution in [-0.4, -0.2) is 18.3 Å². The molecule has 140 valence electrons. The van der Waals surface area contributed by atoms with E-state index in [1.165, 1.54) is 0 Å². The number of nitrogens with zero attached hydrogens (tertiary/aromatic N) is 1. The molecule has 1 heterocycles. The number of carbonyl (C=O) groups is 1. The molecule has 0 bridgehead atoms. The van der Waals surface area contributed by atoms with Crippen molar-refractivity contribution in [2.75, 3.05) is 12.0 Å². The quantitative estimate of drug-likeness (QED) is 0.626. The molecule has 4 rings (SSSR count). The normalized spacial score (nSPS) is 19.3. The Bertz CT molecular complexity index is 984. The van der Waals surface area contributed by atoms with E-state index in [9.17, 15) is 4.79 Å². The largest absolute Gasteiger partial charge is 0.497 e. The van der Waals surface area contributed by atoms with Crippen molar-refractivity contribution >= 4 is 29.9 Å². The molecule has 3 aromatic rings. The summed E-state index contributed by atoms with van der Waals surface area (Å²) in [5.74, 6) is 0.648. The van der Waals surface area contributed by atoms with E-state index in [0.717, 1.165) is 28.3 Å². The van der Waals surface area contributed by atoms with Crippen molar-refractivity contribution in [3.63, 3.8) is 0 Å². The highest BCUT2D eigenvalue weighted by molar-refractivity contribution is 7.82. The number of thiol groups is 1. The number of rotatable bonds is 4. The standard InChI is InChI=1S/C24H21NO2S/c1-27-20-14-12-18(13-15-20)22-16-21(17-8-4-2-5-9-17)23(28)24(26)25(22)19-10-6-3-7-11-19/h2-16,21,23,28H,1H3/t21-,23-/m1/s1. The second-order valence-electron chi connectivity index (χ2n) is 6.67. The van der Waals surface area contributed by atoms with Gasteiger partial charge in [0.25, 0.3) is 0 Å². The van der Waals surface area contributed by atoms with E-state index in [1.54, 1.807) is 12.0 Å². The zero-order valence-electron chi connectivity index (χ0n) is 15.5. The Morgan fingerprint density at radius 3 is 2.07 bits per heavy atom. The zero-order chi connectivity index (χ0) is 19.5. The van der Waals surface area contributed by atoms with E-state index in [0.29, 0.717) is 0 Å². The predicted molar refractivity (Wildman–Crippen MR) is 117 cm³/mol. The Morgan fingerprint density at radius 2 is 1.46 bits per heavy atom. The molecule has 1 aliphatic rings. The minimum Gasteiger partial charge on any atom is -0.497 e. The molecule has 0 saturated heterocycles. The van der Waals surface area contributed by atoms with Crippen LogP contribution in [0, 0.1) is 0 Å². The van der Waals surface area contributed by atoms with Gasteiger partial charge in [-0.15, -0.1) is 0 Å². The molecule has 0 aliphatic carbocycles. The second kappa shape index (κ2) is 7.95. The Morgan fingerprint density at radius 1 is 0.857 bits per heavy atom. The molecule has 0 unspecified atom stereocenters. The van der Waals surface area contributed by atoms with E-state index in [2.05, 4.69) is 6.08 Å². The van der Waals surface area contributed by atoms with Crippen LogP contribution >= 0.6 is 12.6 Å². The number of anilines is 1. The number of ether oxygens (including phenoxy) is 1. The molecule has 1 amide bonds. The third-order valence-electron chi connectivity index (χ3n) is 4.98. The van der Waals surface area contributed by atoms with E-state index >= 15 is 0 Å². The first-order chi connectivity index (χ1) is 13.7. The molecule has 0 aromatic heterocycles. The van der Waals surface area contributed by atoms with Gasteiger partial charge in [0.1, 0.15) is 5.75 Å². The van der Waals surface area contributed by atoms with Crippen molar-refractivity contribution in [3.05, 3.63) is 102 Å². The molecular formula is C24H21NO2S. The van der Waals surface area contributed by atoms with E-state index in [4.69, 9.17) is 17.4 Å². The Balaban J connectivity index is 1.86. The molecule has 1 aliphatic heterocycles. The molecule has 0 radical (unpaired) electrons. The van der Waals surface area contributed by atoms with Gasteiger partial charge < -0.3 is 4.74 Å². The van der Waals surface area contributed by atoms with Gasteiger partial charge in [-0.3, -0.25) is 9.69 Å². The van der Waals surface area contributed by atoms with Gasteiger partial charge in [0, 0.05) is 11.6 Å². The van der Waals surface area contributed by atoms with Crippen LogP contribution in [0.4, 0.5) is 5.69 Å². The predicted octanol–water partition coefficient (Wildman–Crippen LogP) is 5.17. The van der Waals surface area contributed by atoms with E-state index < -0.39 is 5.25 Å². The number of carbonyl (C=O) groups excluding carboxylic acids is 1. The lowest BCUT2D eigenvalue weighted by Crippen LogP contribution is -2.42. The lowest BCUT2D eigenvalue weighted by atomic mass is 9.88. The summed E-state index contributed by atoms with van der Waals surface area (Å²) < 4.78 is 5.28. The van der Waals surface area contributed by atoms with Crippen molar-refractivity contribution in [3.8, 4) is 5.75 Å². The first kappa shape index (κ1) is 18.4. The number of para-hydroxylation sites is 1. The summed E-state index contributed by atoms with van der Waals surface area (Å²) in [6.07, 6.45) is 2.14. The first-order valence-electron chi connectivity index (χ1n) is 9.17. The topological polar surface area (TPSA) is 29.5 Å². The smallest absolute Gasteiger partial charge is 0.245 e. The minimum atomic E-state index is -0.454. The average Bonchev–Trinajstić information content (AvgIpc) is 2.77. The van der Waals surface area contributed by atoms with Crippen LogP contribution in [-0.2, 0) is 4.79 Å². The SMILES string of the molecule is COc1ccc(C2=C[C@H](c3ccccc3)[C@@H](S)C(=O)N2c2ccccc2)cc1. The third kappa shape index (κ3) is 3.43. The Kier molecular flexibility index (Phi) is 5.22. The summed E-state index contributed by atoms with van der Waals surface area (Å²) in [5.41, 5.74) is 3.73. The summed E-state index contributed by atoms with van der Waals surface area (Å²) >= 11 is 4.70.